The topological polar surface area (TPSA) is 99.0 Å². The molecule has 0 aliphatic carbocycles. The molecule has 1 atom stereocenters. The van der Waals surface area contributed by atoms with Crippen molar-refractivity contribution in [2.75, 3.05) is 6.54 Å². The van der Waals surface area contributed by atoms with Crippen molar-refractivity contribution < 1.29 is 18.7 Å². The van der Waals surface area contributed by atoms with Crippen LogP contribution in [0.4, 0.5) is 0 Å². The molecule has 14 heavy (non-hydrogen) atoms. The normalized spacial score (nSPS) is 12.9. The summed E-state index contributed by atoms with van der Waals surface area (Å²) in [6.45, 7) is 0.577. The van der Waals surface area contributed by atoms with Gasteiger partial charge in [0.05, 0.1) is 0 Å². The SMILES string of the molecule is O=C(O)CCCCCNN=CS(=O)O. The lowest BCUT2D eigenvalue weighted by molar-refractivity contribution is -0.137. The van der Waals surface area contributed by atoms with Gasteiger partial charge in [0.25, 0.3) is 0 Å². The number of aliphatic carboxylic acids is 1. The number of nitrogens with one attached hydrogen (secondary N) is 1. The molecule has 0 aliphatic rings. The second-order valence-electron chi connectivity index (χ2n) is 2.62. The van der Waals surface area contributed by atoms with Gasteiger partial charge in [-0.25, -0.2) is 4.21 Å². The first-order valence-electron chi connectivity index (χ1n) is 4.20. The van der Waals surface area contributed by atoms with Crippen LogP contribution in [0.2, 0.25) is 0 Å². The highest BCUT2D eigenvalue weighted by Crippen LogP contribution is 1.98. The van der Waals surface area contributed by atoms with Gasteiger partial charge in [-0.05, 0) is 12.8 Å². The van der Waals surface area contributed by atoms with Crippen molar-refractivity contribution in [1.29, 1.82) is 0 Å². The number of carboxylic acids is 1. The maximum atomic E-state index is 10.1. The quantitative estimate of drug-likeness (QED) is 0.181. The Morgan fingerprint density at radius 1 is 1.43 bits per heavy atom. The molecule has 0 spiro atoms. The number of hydrazone groups is 1. The standard InChI is InChI=1S/C7H14N2O4S/c10-7(11)4-2-1-3-5-8-9-6-14(12)13/h6,8H,1-5H2,(H,10,11)(H,12,13). The first kappa shape index (κ1) is 13.1. The summed E-state index contributed by atoms with van der Waals surface area (Å²) in [5.41, 5.74) is 3.46. The van der Waals surface area contributed by atoms with E-state index in [1.54, 1.807) is 0 Å². The van der Waals surface area contributed by atoms with Crippen LogP contribution in [0.1, 0.15) is 25.7 Å². The van der Waals surface area contributed by atoms with E-state index in [-0.39, 0.29) is 6.42 Å². The van der Waals surface area contributed by atoms with Gasteiger partial charge < -0.3 is 15.1 Å². The maximum absolute atomic E-state index is 10.1. The number of unbranched alkanes of at least 4 members (excludes halogenated alkanes) is 2. The molecular formula is C7H14N2O4S. The van der Waals surface area contributed by atoms with Crippen LogP contribution in [0.15, 0.2) is 5.10 Å². The molecule has 0 saturated heterocycles. The average molecular weight is 222 g/mol. The molecule has 1 unspecified atom stereocenters. The Bertz CT molecular complexity index is 220. The number of hydrogen-bond acceptors (Lipinski definition) is 4. The number of nitrogens with zero attached hydrogens (tertiary/aromatic N) is 1. The number of hydrogen-bond donors (Lipinski definition) is 3. The second-order valence-corrected chi connectivity index (χ2v) is 3.39. The van der Waals surface area contributed by atoms with Crippen LogP contribution in [0.5, 0.6) is 0 Å². The molecule has 0 saturated carbocycles. The zero-order chi connectivity index (χ0) is 10.8. The molecule has 0 fully saturated rings. The van der Waals surface area contributed by atoms with Crippen molar-refractivity contribution in [2.24, 2.45) is 5.10 Å². The molecule has 0 aromatic carbocycles. The predicted octanol–water partition coefficient (Wildman–Crippen LogP) is 0.386. The van der Waals surface area contributed by atoms with Gasteiger partial charge in [0.15, 0.2) is 11.1 Å². The highest BCUT2D eigenvalue weighted by Gasteiger charge is 1.95. The Balaban J connectivity index is 3.14. The van der Waals surface area contributed by atoms with Crippen molar-refractivity contribution in [2.45, 2.75) is 25.7 Å². The van der Waals surface area contributed by atoms with E-state index in [0.717, 1.165) is 18.4 Å². The summed E-state index contributed by atoms with van der Waals surface area (Å²) in [7, 11) is 0. The van der Waals surface area contributed by atoms with Crippen LogP contribution in [0.3, 0.4) is 0 Å². The van der Waals surface area contributed by atoms with Crippen molar-refractivity contribution >= 4 is 22.6 Å². The van der Waals surface area contributed by atoms with Crippen LogP contribution in [-0.2, 0) is 15.9 Å². The monoisotopic (exact) mass is 222 g/mol. The van der Waals surface area contributed by atoms with Crippen LogP contribution >= 0.6 is 0 Å². The Morgan fingerprint density at radius 3 is 2.71 bits per heavy atom. The molecule has 6 nitrogen and oxygen atoms in total. The molecule has 0 aromatic rings. The zero-order valence-electron chi connectivity index (χ0n) is 7.68. The largest absolute Gasteiger partial charge is 0.481 e. The lowest BCUT2D eigenvalue weighted by Gasteiger charge is -1.98. The molecule has 3 N–H and O–H groups in total. The van der Waals surface area contributed by atoms with Gasteiger partial charge in [-0.15, -0.1) is 0 Å². The van der Waals surface area contributed by atoms with Crippen molar-refractivity contribution in [3.8, 4) is 0 Å². The molecule has 0 bridgehead atoms. The lowest BCUT2D eigenvalue weighted by atomic mass is 10.2. The number of rotatable bonds is 8. The van der Waals surface area contributed by atoms with Gasteiger partial charge in [-0.1, -0.05) is 6.42 Å². The molecule has 0 aromatic heterocycles. The molecule has 7 heteroatoms. The summed E-state index contributed by atoms with van der Waals surface area (Å²) in [6.07, 6.45) is 2.43. The number of carboxylic acid groups (broad SMARTS) is 1. The van der Waals surface area contributed by atoms with E-state index < -0.39 is 17.0 Å². The van der Waals surface area contributed by atoms with Gasteiger partial charge in [-0.3, -0.25) is 4.79 Å². The summed E-state index contributed by atoms with van der Waals surface area (Å²) < 4.78 is 18.3. The minimum absolute atomic E-state index is 0.184. The van der Waals surface area contributed by atoms with Crippen molar-refractivity contribution in [1.82, 2.24) is 5.43 Å². The van der Waals surface area contributed by atoms with Crippen LogP contribution in [0, 0.1) is 0 Å². The third-order valence-electron chi connectivity index (χ3n) is 1.41. The predicted molar refractivity (Wildman–Crippen MR) is 53.4 cm³/mol. The minimum atomic E-state index is -2.01. The molecule has 0 radical (unpaired) electrons. The summed E-state index contributed by atoms with van der Waals surface area (Å²) in [6, 6.07) is 0. The second kappa shape index (κ2) is 8.64. The van der Waals surface area contributed by atoms with E-state index in [4.69, 9.17) is 9.66 Å². The molecule has 0 heterocycles. The van der Waals surface area contributed by atoms with E-state index in [2.05, 4.69) is 10.5 Å². The Hall–Kier alpha value is -0.950. The molecule has 0 aliphatic heterocycles. The van der Waals surface area contributed by atoms with Gasteiger partial charge in [0, 0.05) is 13.0 Å². The fourth-order valence-electron chi connectivity index (χ4n) is 0.804. The first-order valence-corrected chi connectivity index (χ1v) is 5.37. The van der Waals surface area contributed by atoms with E-state index in [1.807, 2.05) is 0 Å². The highest BCUT2D eigenvalue weighted by molar-refractivity contribution is 7.93. The summed E-state index contributed by atoms with van der Waals surface area (Å²) >= 11 is -2.01. The fourth-order valence-corrected chi connectivity index (χ4v) is 0.969. The van der Waals surface area contributed by atoms with Gasteiger partial charge in [-0.2, -0.15) is 5.10 Å². The van der Waals surface area contributed by atoms with Crippen molar-refractivity contribution in [3.05, 3.63) is 0 Å². The van der Waals surface area contributed by atoms with Crippen molar-refractivity contribution in [3.63, 3.8) is 0 Å². The van der Waals surface area contributed by atoms with Crippen LogP contribution in [0.25, 0.3) is 0 Å². The van der Waals surface area contributed by atoms with Crippen LogP contribution in [-0.4, -0.2) is 31.9 Å². The third-order valence-corrected chi connectivity index (χ3v) is 1.70. The fraction of sp³-hybridized carbons (Fsp3) is 0.714. The maximum Gasteiger partial charge on any atom is 0.303 e. The van der Waals surface area contributed by atoms with E-state index in [1.165, 1.54) is 0 Å². The highest BCUT2D eigenvalue weighted by atomic mass is 32.2. The summed E-state index contributed by atoms with van der Waals surface area (Å²) in [5, 5.41) is 11.8. The van der Waals surface area contributed by atoms with Gasteiger partial charge in [0.2, 0.25) is 0 Å². The molecule has 82 valence electrons. The minimum Gasteiger partial charge on any atom is -0.481 e. The summed E-state index contributed by atoms with van der Waals surface area (Å²) in [5.74, 6) is -0.786. The lowest BCUT2D eigenvalue weighted by Crippen LogP contribution is -2.08. The Kier molecular flexibility index (Phi) is 8.05. The average Bonchev–Trinajstić information content (AvgIpc) is 2.08. The summed E-state index contributed by atoms with van der Waals surface area (Å²) in [4.78, 5) is 10.1. The molecular weight excluding hydrogens is 208 g/mol. The van der Waals surface area contributed by atoms with Gasteiger partial charge in [0.1, 0.15) is 5.55 Å². The van der Waals surface area contributed by atoms with E-state index in [9.17, 15) is 9.00 Å². The Labute approximate surface area is 84.7 Å². The van der Waals surface area contributed by atoms with E-state index >= 15 is 0 Å². The zero-order valence-corrected chi connectivity index (χ0v) is 8.50. The number of carbonyl (C=O) groups is 1. The molecule has 0 amide bonds. The van der Waals surface area contributed by atoms with E-state index in [0.29, 0.717) is 13.0 Å². The first-order chi connectivity index (χ1) is 6.63. The van der Waals surface area contributed by atoms with Gasteiger partial charge >= 0.3 is 5.97 Å². The third kappa shape index (κ3) is 11.1. The molecule has 0 rings (SSSR count). The smallest absolute Gasteiger partial charge is 0.303 e. The Morgan fingerprint density at radius 2 is 2.14 bits per heavy atom. The van der Waals surface area contributed by atoms with Crippen LogP contribution < -0.4 is 5.43 Å².